The van der Waals surface area contributed by atoms with Crippen LogP contribution in [0.4, 0.5) is 0 Å². The number of rotatable bonds is 9. The number of piperazine rings is 1. The van der Waals surface area contributed by atoms with E-state index in [0.29, 0.717) is 35.7 Å². The van der Waals surface area contributed by atoms with Crippen molar-refractivity contribution in [3.63, 3.8) is 0 Å². The summed E-state index contributed by atoms with van der Waals surface area (Å²) in [6.45, 7) is 7.28. The molecule has 0 radical (unpaired) electrons. The highest BCUT2D eigenvalue weighted by molar-refractivity contribution is 6.02. The van der Waals surface area contributed by atoms with Crippen LogP contribution in [0, 0.1) is 0 Å². The van der Waals surface area contributed by atoms with E-state index in [-0.39, 0.29) is 17.9 Å². The average Bonchev–Trinajstić information content (AvgIpc) is 3.03. The predicted molar refractivity (Wildman–Crippen MR) is 162 cm³/mol. The van der Waals surface area contributed by atoms with Gasteiger partial charge in [0.25, 0.3) is 5.91 Å². The SMILES string of the molecule is COc1cc2c(cc1OC)[C@@H](C(=O)NCCCN1CCN(Cc3ccccc3)CC1)[C@H]1c3ccccc3CCN1C2=O. The molecule has 0 spiro atoms. The zero-order valence-electron chi connectivity index (χ0n) is 24.6. The third-order valence-electron chi connectivity index (χ3n) is 8.98. The predicted octanol–water partition coefficient (Wildman–Crippen LogP) is 3.86. The van der Waals surface area contributed by atoms with Crippen LogP contribution in [0.2, 0.25) is 0 Å². The lowest BCUT2D eigenvalue weighted by Gasteiger charge is -2.45. The molecule has 0 aromatic heterocycles. The summed E-state index contributed by atoms with van der Waals surface area (Å²) in [4.78, 5) is 34.6. The van der Waals surface area contributed by atoms with E-state index in [1.165, 1.54) is 11.1 Å². The highest BCUT2D eigenvalue weighted by atomic mass is 16.5. The largest absolute Gasteiger partial charge is 0.493 e. The van der Waals surface area contributed by atoms with Gasteiger partial charge in [-0.3, -0.25) is 14.5 Å². The molecule has 1 fully saturated rings. The summed E-state index contributed by atoms with van der Waals surface area (Å²) in [5, 5.41) is 3.23. The molecule has 3 aliphatic rings. The first-order chi connectivity index (χ1) is 20.6. The van der Waals surface area contributed by atoms with Gasteiger partial charge in [-0.2, -0.15) is 0 Å². The number of benzene rings is 3. The number of fused-ring (bicyclic) bond motifs is 4. The van der Waals surface area contributed by atoms with Gasteiger partial charge in [-0.25, -0.2) is 0 Å². The molecule has 8 heteroatoms. The van der Waals surface area contributed by atoms with Crippen LogP contribution >= 0.6 is 0 Å². The van der Waals surface area contributed by atoms with Crippen molar-refractivity contribution >= 4 is 11.8 Å². The van der Waals surface area contributed by atoms with Crippen molar-refractivity contribution in [3.05, 3.63) is 94.5 Å². The van der Waals surface area contributed by atoms with Crippen LogP contribution in [0.25, 0.3) is 0 Å². The summed E-state index contributed by atoms with van der Waals surface area (Å²) in [6, 6.07) is 22.0. The molecule has 220 valence electrons. The summed E-state index contributed by atoms with van der Waals surface area (Å²) in [5.74, 6) is 0.339. The topological polar surface area (TPSA) is 74.4 Å². The molecule has 1 N–H and O–H groups in total. The van der Waals surface area contributed by atoms with Gasteiger partial charge in [-0.1, -0.05) is 54.6 Å². The fourth-order valence-electron chi connectivity index (χ4n) is 6.77. The van der Waals surface area contributed by atoms with Gasteiger partial charge < -0.3 is 24.6 Å². The van der Waals surface area contributed by atoms with Crippen molar-refractivity contribution in [2.24, 2.45) is 0 Å². The first kappa shape index (κ1) is 28.2. The minimum Gasteiger partial charge on any atom is -0.493 e. The second kappa shape index (κ2) is 12.5. The number of carbonyl (C=O) groups is 2. The summed E-state index contributed by atoms with van der Waals surface area (Å²) < 4.78 is 11.1. The summed E-state index contributed by atoms with van der Waals surface area (Å²) in [5.41, 5.74) is 4.81. The van der Waals surface area contributed by atoms with Gasteiger partial charge in [0.15, 0.2) is 11.5 Å². The quantitative estimate of drug-likeness (QED) is 0.395. The van der Waals surface area contributed by atoms with Crippen molar-refractivity contribution in [1.29, 1.82) is 0 Å². The molecule has 3 aromatic carbocycles. The Morgan fingerprint density at radius 3 is 2.31 bits per heavy atom. The van der Waals surface area contributed by atoms with Crippen LogP contribution in [0.5, 0.6) is 11.5 Å². The van der Waals surface area contributed by atoms with Crippen molar-refractivity contribution in [2.45, 2.75) is 31.3 Å². The molecule has 0 aliphatic carbocycles. The van der Waals surface area contributed by atoms with Gasteiger partial charge in [0, 0.05) is 51.4 Å². The van der Waals surface area contributed by atoms with Crippen LogP contribution in [0.3, 0.4) is 0 Å². The van der Waals surface area contributed by atoms with Gasteiger partial charge in [-0.05, 0) is 53.8 Å². The molecule has 8 nitrogen and oxygen atoms in total. The van der Waals surface area contributed by atoms with E-state index in [1.54, 1.807) is 20.3 Å². The van der Waals surface area contributed by atoms with Crippen LogP contribution < -0.4 is 14.8 Å². The number of hydrogen-bond acceptors (Lipinski definition) is 6. The van der Waals surface area contributed by atoms with Crippen molar-refractivity contribution in [3.8, 4) is 11.5 Å². The summed E-state index contributed by atoms with van der Waals surface area (Å²) >= 11 is 0. The van der Waals surface area contributed by atoms with E-state index in [2.05, 4.69) is 57.6 Å². The normalized spacial score (nSPS) is 20.3. The van der Waals surface area contributed by atoms with Crippen LogP contribution in [-0.2, 0) is 17.8 Å². The van der Waals surface area contributed by atoms with Gasteiger partial charge in [-0.15, -0.1) is 0 Å². The Labute approximate surface area is 248 Å². The molecular weight excluding hydrogens is 528 g/mol. The minimum atomic E-state index is -0.541. The lowest BCUT2D eigenvalue weighted by atomic mass is 9.75. The molecule has 42 heavy (non-hydrogen) atoms. The Morgan fingerprint density at radius 2 is 1.55 bits per heavy atom. The zero-order valence-corrected chi connectivity index (χ0v) is 24.6. The monoisotopic (exact) mass is 568 g/mol. The molecule has 1 saturated heterocycles. The average molecular weight is 569 g/mol. The Balaban J connectivity index is 1.13. The zero-order chi connectivity index (χ0) is 29.1. The number of hydrogen-bond donors (Lipinski definition) is 1. The second-order valence-electron chi connectivity index (χ2n) is 11.4. The van der Waals surface area contributed by atoms with E-state index < -0.39 is 5.92 Å². The van der Waals surface area contributed by atoms with E-state index in [1.807, 2.05) is 23.1 Å². The minimum absolute atomic E-state index is 0.0599. The summed E-state index contributed by atoms with van der Waals surface area (Å²) in [6.07, 6.45) is 1.65. The third kappa shape index (κ3) is 5.61. The van der Waals surface area contributed by atoms with Crippen LogP contribution in [0.15, 0.2) is 66.7 Å². The number of nitrogens with zero attached hydrogens (tertiary/aromatic N) is 3. The van der Waals surface area contributed by atoms with Crippen molar-refractivity contribution in [1.82, 2.24) is 20.0 Å². The second-order valence-corrected chi connectivity index (χ2v) is 11.4. The van der Waals surface area contributed by atoms with Gasteiger partial charge in [0.05, 0.1) is 26.2 Å². The molecule has 2 atom stereocenters. The maximum Gasteiger partial charge on any atom is 0.254 e. The van der Waals surface area contributed by atoms with Gasteiger partial charge in [0.1, 0.15) is 0 Å². The first-order valence-electron chi connectivity index (χ1n) is 15.0. The number of nitrogens with one attached hydrogen (secondary N) is 1. The Hall–Kier alpha value is -3.88. The Morgan fingerprint density at radius 1 is 0.857 bits per heavy atom. The smallest absolute Gasteiger partial charge is 0.254 e. The van der Waals surface area contributed by atoms with Crippen LogP contribution in [-0.4, -0.2) is 86.5 Å². The molecule has 3 aliphatic heterocycles. The Bertz CT molecular complexity index is 1420. The van der Waals surface area contributed by atoms with Gasteiger partial charge >= 0.3 is 0 Å². The molecule has 0 unspecified atom stereocenters. The molecular formula is C34H40N4O4. The maximum absolute atomic E-state index is 14.0. The number of methoxy groups -OCH3 is 2. The highest BCUT2D eigenvalue weighted by Crippen LogP contribution is 2.48. The molecule has 0 bridgehead atoms. The Kier molecular flexibility index (Phi) is 8.44. The first-order valence-corrected chi connectivity index (χ1v) is 15.0. The fraction of sp³-hybridized carbons (Fsp3) is 0.412. The number of ether oxygens (including phenoxy) is 2. The molecule has 6 rings (SSSR count). The van der Waals surface area contributed by atoms with E-state index in [9.17, 15) is 9.59 Å². The third-order valence-corrected chi connectivity index (χ3v) is 8.98. The van der Waals surface area contributed by atoms with Crippen LogP contribution in [0.1, 0.15) is 51.0 Å². The maximum atomic E-state index is 14.0. The van der Waals surface area contributed by atoms with Crippen molar-refractivity contribution < 1.29 is 19.1 Å². The summed E-state index contributed by atoms with van der Waals surface area (Å²) in [7, 11) is 3.14. The standard InChI is InChI=1S/C34H40N4O4/c1-41-29-21-27-28(22-30(29)42-2)34(40)38-16-13-25-11-6-7-12-26(25)32(38)31(27)33(39)35-14-8-15-36-17-19-37(20-18-36)23-24-9-4-3-5-10-24/h3-7,9-12,21-22,31-32H,8,13-20,23H2,1-2H3,(H,35,39)/t31-,32-/m1/s1. The van der Waals surface area contributed by atoms with Gasteiger partial charge in [0.2, 0.25) is 5.91 Å². The molecule has 3 heterocycles. The lowest BCUT2D eigenvalue weighted by Crippen LogP contribution is -2.50. The number of amides is 2. The fourth-order valence-corrected chi connectivity index (χ4v) is 6.77. The van der Waals surface area contributed by atoms with E-state index in [4.69, 9.17) is 9.47 Å². The highest BCUT2D eigenvalue weighted by Gasteiger charge is 2.46. The van der Waals surface area contributed by atoms with E-state index >= 15 is 0 Å². The van der Waals surface area contributed by atoms with E-state index in [0.717, 1.165) is 57.7 Å². The molecule has 2 amide bonds. The van der Waals surface area contributed by atoms with Crippen molar-refractivity contribution in [2.75, 3.05) is 60.0 Å². The number of carbonyl (C=O) groups excluding carboxylic acids is 2. The molecule has 0 saturated carbocycles. The molecule has 3 aromatic rings. The lowest BCUT2D eigenvalue weighted by molar-refractivity contribution is -0.124.